The molecule has 1 N–H and O–H groups in total. The zero-order valence-electron chi connectivity index (χ0n) is 32.1. The van der Waals surface area contributed by atoms with Crippen molar-refractivity contribution in [2.24, 2.45) is 0 Å². The lowest BCUT2D eigenvalue weighted by Crippen LogP contribution is -2.27. The van der Waals surface area contributed by atoms with Gasteiger partial charge in [-0.2, -0.15) is 0 Å². The van der Waals surface area contributed by atoms with Crippen molar-refractivity contribution >= 4 is 5.97 Å². The Morgan fingerprint density at radius 2 is 0.830 bits per heavy atom. The summed E-state index contributed by atoms with van der Waals surface area (Å²) in [6.45, 7) is 5.38. The molecule has 1 atom stereocenters. The van der Waals surface area contributed by atoms with E-state index >= 15 is 0 Å². The number of allylic oxidation sites excluding steroid dienone is 2. The molecule has 0 saturated carbocycles. The van der Waals surface area contributed by atoms with Crippen LogP contribution in [0.15, 0.2) is 12.2 Å². The van der Waals surface area contributed by atoms with E-state index < -0.39 is 6.10 Å². The first-order valence-electron chi connectivity index (χ1n) is 21.3. The highest BCUT2D eigenvalue weighted by Gasteiger charge is 2.13. The van der Waals surface area contributed by atoms with Gasteiger partial charge in [0.25, 0.3) is 0 Å². The summed E-state index contributed by atoms with van der Waals surface area (Å²) >= 11 is 0. The number of carbonyl (C=O) groups excluding carboxylic acids is 1. The Morgan fingerprint density at radius 1 is 0.489 bits per heavy atom. The van der Waals surface area contributed by atoms with Gasteiger partial charge in [0.1, 0.15) is 6.10 Å². The molecule has 0 aliphatic rings. The molecule has 0 radical (unpaired) electrons. The molecule has 0 aliphatic carbocycles. The van der Waals surface area contributed by atoms with Gasteiger partial charge in [-0.3, -0.25) is 4.79 Å². The molecule has 0 aliphatic heterocycles. The SMILES string of the molecule is CCCCCCCCC/C=C\CCCCCCCC(=O)OC(CO)COCCCCCCCCCCCCCCCCCCCCC. The maximum absolute atomic E-state index is 12.2. The number of carbonyl (C=O) groups is 1. The normalized spacial score (nSPS) is 12.3. The molecule has 0 amide bonds. The van der Waals surface area contributed by atoms with Crippen LogP contribution in [-0.2, 0) is 14.3 Å². The van der Waals surface area contributed by atoms with Crippen LogP contribution in [-0.4, -0.2) is 37.0 Å². The van der Waals surface area contributed by atoms with Gasteiger partial charge in [0.2, 0.25) is 0 Å². The van der Waals surface area contributed by atoms with Crippen LogP contribution in [0.25, 0.3) is 0 Å². The van der Waals surface area contributed by atoms with Crippen LogP contribution in [0, 0.1) is 0 Å². The van der Waals surface area contributed by atoms with Crippen molar-refractivity contribution in [3.8, 4) is 0 Å². The van der Waals surface area contributed by atoms with Crippen LogP contribution in [0.3, 0.4) is 0 Å². The van der Waals surface area contributed by atoms with Crippen molar-refractivity contribution in [1.29, 1.82) is 0 Å². The van der Waals surface area contributed by atoms with Gasteiger partial charge >= 0.3 is 5.97 Å². The Hall–Kier alpha value is -0.870. The van der Waals surface area contributed by atoms with E-state index in [1.54, 1.807) is 0 Å². The average Bonchev–Trinajstić information content (AvgIpc) is 3.08. The monoisotopic (exact) mass is 665 g/mol. The number of rotatable bonds is 40. The predicted molar refractivity (Wildman–Crippen MR) is 205 cm³/mol. The van der Waals surface area contributed by atoms with Crippen molar-refractivity contribution in [3.05, 3.63) is 12.2 Å². The number of ether oxygens (including phenoxy) is 2. The van der Waals surface area contributed by atoms with Crippen molar-refractivity contribution in [2.45, 2.75) is 238 Å². The number of unbranched alkanes of at least 4 members (excludes halogenated alkanes) is 30. The van der Waals surface area contributed by atoms with E-state index in [-0.39, 0.29) is 12.6 Å². The highest BCUT2D eigenvalue weighted by Crippen LogP contribution is 2.15. The number of aliphatic hydroxyl groups is 1. The van der Waals surface area contributed by atoms with Crippen LogP contribution in [0.5, 0.6) is 0 Å². The van der Waals surface area contributed by atoms with E-state index in [1.165, 1.54) is 193 Å². The molecule has 0 rings (SSSR count). The molecule has 0 saturated heterocycles. The fourth-order valence-corrected chi connectivity index (χ4v) is 6.38. The summed E-state index contributed by atoms with van der Waals surface area (Å²) < 4.78 is 11.2. The number of hydrogen-bond acceptors (Lipinski definition) is 4. The second-order valence-corrected chi connectivity index (χ2v) is 14.4. The third kappa shape index (κ3) is 39.5. The fourth-order valence-electron chi connectivity index (χ4n) is 6.38. The second-order valence-electron chi connectivity index (χ2n) is 14.4. The number of hydrogen-bond donors (Lipinski definition) is 1. The second kappa shape index (κ2) is 41.3. The molecular formula is C43H84O4. The zero-order chi connectivity index (χ0) is 34.1. The molecule has 0 bridgehead atoms. The minimum Gasteiger partial charge on any atom is -0.457 e. The highest BCUT2D eigenvalue weighted by molar-refractivity contribution is 5.69. The Labute approximate surface area is 295 Å². The van der Waals surface area contributed by atoms with E-state index in [2.05, 4.69) is 26.0 Å². The van der Waals surface area contributed by atoms with E-state index in [1.807, 2.05) is 0 Å². The maximum Gasteiger partial charge on any atom is 0.306 e. The van der Waals surface area contributed by atoms with Gasteiger partial charge in [0, 0.05) is 13.0 Å². The van der Waals surface area contributed by atoms with Gasteiger partial charge < -0.3 is 14.6 Å². The summed E-state index contributed by atoms with van der Waals surface area (Å²) in [6, 6.07) is 0. The summed E-state index contributed by atoms with van der Waals surface area (Å²) in [7, 11) is 0. The molecule has 4 heteroatoms. The van der Waals surface area contributed by atoms with E-state index in [9.17, 15) is 9.90 Å². The molecule has 280 valence electrons. The van der Waals surface area contributed by atoms with Gasteiger partial charge in [-0.15, -0.1) is 0 Å². The third-order valence-corrected chi connectivity index (χ3v) is 9.59. The fraction of sp³-hybridized carbons (Fsp3) is 0.930. The van der Waals surface area contributed by atoms with E-state index in [0.29, 0.717) is 19.6 Å². The third-order valence-electron chi connectivity index (χ3n) is 9.59. The van der Waals surface area contributed by atoms with Crippen LogP contribution in [0.2, 0.25) is 0 Å². The molecule has 0 aromatic carbocycles. The van der Waals surface area contributed by atoms with Crippen molar-refractivity contribution in [3.63, 3.8) is 0 Å². The van der Waals surface area contributed by atoms with Crippen LogP contribution >= 0.6 is 0 Å². The molecule has 1 unspecified atom stereocenters. The van der Waals surface area contributed by atoms with E-state index in [4.69, 9.17) is 9.47 Å². The summed E-state index contributed by atoms with van der Waals surface area (Å²) in [6.07, 6.45) is 48.4. The molecule has 4 nitrogen and oxygen atoms in total. The largest absolute Gasteiger partial charge is 0.457 e. The van der Waals surface area contributed by atoms with Crippen LogP contribution in [0.1, 0.15) is 232 Å². The average molecular weight is 665 g/mol. The standard InChI is InChI=1S/C43H84O4/c1-3-5-7-9-11-13-15-17-19-21-22-23-25-27-29-31-33-35-37-39-46-41-42(40-44)47-43(45)38-36-34-32-30-28-26-24-20-18-16-14-12-10-8-6-4-2/h20,24,42,44H,3-19,21-23,25-41H2,1-2H3/b24-20-. The number of aliphatic hydroxyl groups excluding tert-OH is 1. The first kappa shape index (κ1) is 46.1. The number of esters is 1. The molecule has 0 aromatic heterocycles. The maximum atomic E-state index is 12.2. The van der Waals surface area contributed by atoms with Gasteiger partial charge in [-0.05, 0) is 38.5 Å². The Kier molecular flexibility index (Phi) is 40.5. The molecule has 47 heavy (non-hydrogen) atoms. The van der Waals surface area contributed by atoms with Crippen LogP contribution < -0.4 is 0 Å². The van der Waals surface area contributed by atoms with Gasteiger partial charge in [0.15, 0.2) is 0 Å². The first-order chi connectivity index (χ1) is 23.2. The Morgan fingerprint density at radius 3 is 1.21 bits per heavy atom. The summed E-state index contributed by atoms with van der Waals surface area (Å²) in [5.41, 5.74) is 0. The highest BCUT2D eigenvalue weighted by atomic mass is 16.6. The summed E-state index contributed by atoms with van der Waals surface area (Å²) in [5.74, 6) is -0.204. The van der Waals surface area contributed by atoms with Gasteiger partial charge in [-0.1, -0.05) is 199 Å². The molecule has 0 aromatic rings. The Bertz CT molecular complexity index is 619. The smallest absolute Gasteiger partial charge is 0.306 e. The quantitative estimate of drug-likeness (QED) is 0.0402. The lowest BCUT2D eigenvalue weighted by Gasteiger charge is -2.15. The molecular weight excluding hydrogens is 580 g/mol. The van der Waals surface area contributed by atoms with Crippen LogP contribution in [0.4, 0.5) is 0 Å². The van der Waals surface area contributed by atoms with Gasteiger partial charge in [-0.25, -0.2) is 0 Å². The summed E-state index contributed by atoms with van der Waals surface area (Å²) in [4.78, 5) is 12.2. The Balaban J connectivity index is 3.38. The zero-order valence-corrected chi connectivity index (χ0v) is 32.1. The minimum absolute atomic E-state index is 0.169. The van der Waals surface area contributed by atoms with Crippen molar-refractivity contribution in [2.75, 3.05) is 19.8 Å². The predicted octanol–water partition coefficient (Wildman–Crippen LogP) is 13.8. The molecule has 0 heterocycles. The minimum atomic E-state index is -0.532. The van der Waals surface area contributed by atoms with E-state index in [0.717, 1.165) is 19.3 Å². The lowest BCUT2D eigenvalue weighted by atomic mass is 10.0. The van der Waals surface area contributed by atoms with Gasteiger partial charge in [0.05, 0.1) is 13.2 Å². The first-order valence-corrected chi connectivity index (χ1v) is 21.3. The lowest BCUT2D eigenvalue weighted by molar-refractivity contribution is -0.154. The summed E-state index contributed by atoms with van der Waals surface area (Å²) in [5, 5.41) is 9.59. The molecule has 0 fully saturated rings. The van der Waals surface area contributed by atoms with Crippen molar-refractivity contribution in [1.82, 2.24) is 0 Å². The van der Waals surface area contributed by atoms with Crippen molar-refractivity contribution < 1.29 is 19.4 Å². The molecule has 0 spiro atoms. The topological polar surface area (TPSA) is 55.8 Å².